The van der Waals surface area contributed by atoms with Crippen LogP contribution < -0.4 is 10.1 Å². The van der Waals surface area contributed by atoms with Crippen molar-refractivity contribution in [1.29, 1.82) is 0 Å². The molecule has 0 saturated carbocycles. The molecular formula is C18H29N3O4S. The van der Waals surface area contributed by atoms with Crippen LogP contribution in [0.3, 0.4) is 0 Å². The van der Waals surface area contributed by atoms with Crippen molar-refractivity contribution >= 4 is 16.1 Å². The number of carbonyl (C=O) groups is 1. The van der Waals surface area contributed by atoms with Crippen LogP contribution in [0.5, 0.6) is 5.75 Å². The Labute approximate surface area is 156 Å². The highest BCUT2D eigenvalue weighted by molar-refractivity contribution is 7.86. The molecule has 0 aliphatic carbocycles. The average Bonchev–Trinajstić information content (AvgIpc) is 2.67. The Balaban J connectivity index is 1.84. The van der Waals surface area contributed by atoms with Gasteiger partial charge in [-0.15, -0.1) is 0 Å². The van der Waals surface area contributed by atoms with Crippen LogP contribution in [0.1, 0.15) is 32.3 Å². The van der Waals surface area contributed by atoms with E-state index in [0.29, 0.717) is 45.6 Å². The van der Waals surface area contributed by atoms with Crippen LogP contribution in [-0.4, -0.2) is 56.2 Å². The predicted molar refractivity (Wildman–Crippen MR) is 101 cm³/mol. The quantitative estimate of drug-likeness (QED) is 0.740. The van der Waals surface area contributed by atoms with Gasteiger partial charge in [0.25, 0.3) is 10.2 Å². The first-order valence-electron chi connectivity index (χ1n) is 9.08. The maximum atomic E-state index is 12.5. The fraction of sp³-hybridized carbons (Fsp3) is 0.611. The zero-order valence-electron chi connectivity index (χ0n) is 15.8. The molecule has 1 aliphatic rings. The molecule has 0 radical (unpaired) electrons. The number of piperidine rings is 1. The molecule has 0 bridgehead atoms. The third-order valence-corrected chi connectivity index (χ3v) is 7.00. The largest absolute Gasteiger partial charge is 0.497 e. The highest BCUT2D eigenvalue weighted by Gasteiger charge is 2.33. The van der Waals surface area contributed by atoms with Gasteiger partial charge in [0, 0.05) is 38.6 Å². The molecular weight excluding hydrogens is 354 g/mol. The van der Waals surface area contributed by atoms with Gasteiger partial charge in [-0.2, -0.15) is 17.0 Å². The van der Waals surface area contributed by atoms with E-state index in [1.165, 1.54) is 8.61 Å². The van der Waals surface area contributed by atoms with Gasteiger partial charge in [0.05, 0.1) is 7.11 Å². The molecule has 146 valence electrons. The maximum absolute atomic E-state index is 12.5. The lowest BCUT2D eigenvalue weighted by Gasteiger charge is -2.33. The smallest absolute Gasteiger partial charge is 0.281 e. The number of ether oxygens (including phenoxy) is 1. The number of methoxy groups -OCH3 is 1. The number of nitrogens with one attached hydrogen (secondary N) is 1. The third-order valence-electron chi connectivity index (χ3n) is 4.81. The lowest BCUT2D eigenvalue weighted by molar-refractivity contribution is -0.126. The van der Waals surface area contributed by atoms with Crippen molar-refractivity contribution in [2.75, 3.05) is 33.3 Å². The lowest BCUT2D eigenvalue weighted by atomic mass is 9.97. The summed E-state index contributed by atoms with van der Waals surface area (Å²) in [7, 11) is -1.80. The Hall–Kier alpha value is -1.64. The Morgan fingerprint density at radius 2 is 1.77 bits per heavy atom. The Morgan fingerprint density at radius 1 is 1.19 bits per heavy atom. The number of hydrogen-bond donors (Lipinski definition) is 1. The van der Waals surface area contributed by atoms with E-state index in [-0.39, 0.29) is 11.8 Å². The second kappa shape index (κ2) is 9.34. The molecule has 1 aliphatic heterocycles. The zero-order chi connectivity index (χ0) is 19.2. The van der Waals surface area contributed by atoms with E-state index in [2.05, 4.69) is 5.32 Å². The summed E-state index contributed by atoms with van der Waals surface area (Å²) in [6, 6.07) is 7.55. The van der Waals surface area contributed by atoms with Crippen LogP contribution in [0.25, 0.3) is 0 Å². The fourth-order valence-corrected chi connectivity index (χ4v) is 4.79. The molecule has 0 spiro atoms. The predicted octanol–water partition coefficient (Wildman–Crippen LogP) is 1.61. The first-order valence-corrected chi connectivity index (χ1v) is 10.5. The molecule has 1 aromatic carbocycles. The highest BCUT2D eigenvalue weighted by atomic mass is 32.2. The Morgan fingerprint density at radius 3 is 2.27 bits per heavy atom. The maximum Gasteiger partial charge on any atom is 0.281 e. The number of benzene rings is 1. The standard InChI is InChI=1S/C18H29N3O4S/c1-4-20(5-2)26(23,24)21-12-10-16(11-13-21)18(22)19-14-15-6-8-17(25-3)9-7-15/h6-9,16H,4-5,10-14H2,1-3H3,(H,19,22). The van der Waals surface area contributed by atoms with E-state index in [1.807, 2.05) is 38.1 Å². The van der Waals surface area contributed by atoms with Gasteiger partial charge in [-0.25, -0.2) is 0 Å². The molecule has 0 aromatic heterocycles. The van der Waals surface area contributed by atoms with E-state index in [0.717, 1.165) is 11.3 Å². The van der Waals surface area contributed by atoms with Crippen molar-refractivity contribution in [3.8, 4) is 5.75 Å². The number of nitrogens with zero attached hydrogens (tertiary/aromatic N) is 2. The summed E-state index contributed by atoms with van der Waals surface area (Å²) >= 11 is 0. The van der Waals surface area contributed by atoms with Gasteiger partial charge in [0.1, 0.15) is 5.75 Å². The molecule has 2 rings (SSSR count). The van der Waals surface area contributed by atoms with Crippen LogP contribution in [0, 0.1) is 5.92 Å². The van der Waals surface area contributed by atoms with Crippen molar-refractivity contribution in [2.45, 2.75) is 33.2 Å². The SMILES string of the molecule is CCN(CC)S(=O)(=O)N1CCC(C(=O)NCc2ccc(OC)cc2)CC1. The second-order valence-electron chi connectivity index (χ2n) is 6.33. The molecule has 1 heterocycles. The first kappa shape index (κ1) is 20.7. The van der Waals surface area contributed by atoms with E-state index in [4.69, 9.17) is 4.74 Å². The highest BCUT2D eigenvalue weighted by Crippen LogP contribution is 2.21. The van der Waals surface area contributed by atoms with E-state index in [9.17, 15) is 13.2 Å². The van der Waals surface area contributed by atoms with Crippen LogP contribution in [-0.2, 0) is 21.5 Å². The second-order valence-corrected chi connectivity index (χ2v) is 8.26. The van der Waals surface area contributed by atoms with Gasteiger partial charge in [0.2, 0.25) is 5.91 Å². The summed E-state index contributed by atoms with van der Waals surface area (Å²) < 4.78 is 33.1. The summed E-state index contributed by atoms with van der Waals surface area (Å²) in [4.78, 5) is 12.4. The van der Waals surface area contributed by atoms with Crippen LogP contribution in [0.4, 0.5) is 0 Å². The monoisotopic (exact) mass is 383 g/mol. The van der Waals surface area contributed by atoms with Gasteiger partial charge in [-0.3, -0.25) is 4.79 Å². The van der Waals surface area contributed by atoms with Crippen LogP contribution >= 0.6 is 0 Å². The number of rotatable bonds is 8. The summed E-state index contributed by atoms with van der Waals surface area (Å²) in [5.41, 5.74) is 1.00. The number of hydrogen-bond acceptors (Lipinski definition) is 4. The fourth-order valence-electron chi connectivity index (χ4n) is 3.14. The number of carbonyl (C=O) groups excluding carboxylic acids is 1. The summed E-state index contributed by atoms with van der Waals surface area (Å²) in [6.45, 7) is 5.82. The van der Waals surface area contributed by atoms with E-state index in [1.54, 1.807) is 7.11 Å². The average molecular weight is 384 g/mol. The zero-order valence-corrected chi connectivity index (χ0v) is 16.6. The van der Waals surface area contributed by atoms with Crippen LogP contribution in [0.2, 0.25) is 0 Å². The van der Waals surface area contributed by atoms with Gasteiger partial charge in [-0.05, 0) is 30.5 Å². The van der Waals surface area contributed by atoms with E-state index >= 15 is 0 Å². The molecule has 1 N–H and O–H groups in total. The summed E-state index contributed by atoms with van der Waals surface area (Å²) in [5, 5.41) is 2.95. The molecule has 8 heteroatoms. The molecule has 1 aromatic rings. The van der Waals surface area contributed by atoms with E-state index < -0.39 is 10.2 Å². The Kier molecular flexibility index (Phi) is 7.43. The van der Waals surface area contributed by atoms with Gasteiger partial charge in [0.15, 0.2) is 0 Å². The van der Waals surface area contributed by atoms with Gasteiger partial charge < -0.3 is 10.1 Å². The summed E-state index contributed by atoms with van der Waals surface area (Å²) in [6.07, 6.45) is 1.10. The minimum Gasteiger partial charge on any atom is -0.497 e. The van der Waals surface area contributed by atoms with Crippen molar-refractivity contribution in [1.82, 2.24) is 13.9 Å². The van der Waals surface area contributed by atoms with Crippen molar-refractivity contribution in [2.24, 2.45) is 5.92 Å². The number of amides is 1. The van der Waals surface area contributed by atoms with Crippen LogP contribution in [0.15, 0.2) is 24.3 Å². The lowest BCUT2D eigenvalue weighted by Crippen LogP contribution is -2.48. The molecule has 1 saturated heterocycles. The minimum atomic E-state index is -3.41. The Bertz CT molecular complexity index is 679. The molecule has 0 atom stereocenters. The normalized spacial score (nSPS) is 16.6. The first-order chi connectivity index (χ1) is 12.4. The molecule has 7 nitrogen and oxygen atoms in total. The van der Waals surface area contributed by atoms with Crippen molar-refractivity contribution < 1.29 is 17.9 Å². The minimum absolute atomic E-state index is 0.0132. The van der Waals surface area contributed by atoms with Gasteiger partial charge in [-0.1, -0.05) is 26.0 Å². The van der Waals surface area contributed by atoms with Crippen molar-refractivity contribution in [3.63, 3.8) is 0 Å². The van der Waals surface area contributed by atoms with Gasteiger partial charge >= 0.3 is 0 Å². The molecule has 1 amide bonds. The third kappa shape index (κ3) is 4.96. The van der Waals surface area contributed by atoms with Crippen molar-refractivity contribution in [3.05, 3.63) is 29.8 Å². The summed E-state index contributed by atoms with van der Waals surface area (Å²) in [5.74, 6) is 0.624. The molecule has 1 fully saturated rings. The topological polar surface area (TPSA) is 79.0 Å². The molecule has 26 heavy (non-hydrogen) atoms. The molecule has 0 unspecified atom stereocenters.